The Kier molecular flexibility index (Phi) is 2.96. The molecule has 3 heteroatoms. The van der Waals surface area contributed by atoms with Crippen molar-refractivity contribution in [2.45, 2.75) is 26.3 Å². The predicted molar refractivity (Wildman–Crippen MR) is 70.0 cm³/mol. The van der Waals surface area contributed by atoms with Gasteiger partial charge in [0.25, 0.3) is 0 Å². The summed E-state index contributed by atoms with van der Waals surface area (Å²) in [5.74, 6) is 0. The van der Waals surface area contributed by atoms with E-state index in [1.54, 1.807) is 0 Å². The number of fused-ring (bicyclic) bond motifs is 1. The molecule has 86 valence electrons. The zero-order chi connectivity index (χ0) is 11.9. The highest BCUT2D eigenvalue weighted by Gasteiger charge is 2.13. The maximum absolute atomic E-state index is 6.37. The second-order valence-corrected chi connectivity index (χ2v) is 4.83. The van der Waals surface area contributed by atoms with E-state index >= 15 is 0 Å². The van der Waals surface area contributed by atoms with Crippen molar-refractivity contribution in [1.29, 1.82) is 0 Å². The van der Waals surface area contributed by atoms with Crippen LogP contribution in [0.4, 0.5) is 0 Å². The van der Waals surface area contributed by atoms with Crippen LogP contribution in [0.2, 0.25) is 5.02 Å². The number of rotatable bonds is 2. The van der Waals surface area contributed by atoms with Crippen molar-refractivity contribution in [3.05, 3.63) is 34.5 Å². The third kappa shape index (κ3) is 1.72. The van der Waals surface area contributed by atoms with Gasteiger partial charge in [0.15, 0.2) is 0 Å². The van der Waals surface area contributed by atoms with Crippen LogP contribution in [0.25, 0.3) is 10.9 Å². The van der Waals surface area contributed by atoms with Crippen LogP contribution in [0.5, 0.6) is 0 Å². The molecule has 16 heavy (non-hydrogen) atoms. The summed E-state index contributed by atoms with van der Waals surface area (Å²) in [5.41, 5.74) is 9.38. The van der Waals surface area contributed by atoms with Gasteiger partial charge in [-0.1, -0.05) is 23.7 Å². The number of nitrogens with two attached hydrogens (primary N) is 1. The van der Waals surface area contributed by atoms with Gasteiger partial charge in [-0.25, -0.2) is 0 Å². The molecule has 0 aliphatic carbocycles. The second kappa shape index (κ2) is 4.11. The van der Waals surface area contributed by atoms with E-state index in [2.05, 4.69) is 22.8 Å². The van der Waals surface area contributed by atoms with E-state index in [0.29, 0.717) is 0 Å². The van der Waals surface area contributed by atoms with E-state index in [1.807, 2.05) is 20.9 Å². The minimum atomic E-state index is 0.155. The van der Waals surface area contributed by atoms with Crippen LogP contribution in [0.1, 0.15) is 18.2 Å². The number of benzene rings is 1. The Morgan fingerprint density at radius 3 is 2.75 bits per heavy atom. The van der Waals surface area contributed by atoms with E-state index in [4.69, 9.17) is 17.3 Å². The molecular formula is C13H17ClN2. The molecule has 0 aliphatic rings. The molecule has 0 radical (unpaired) electrons. The molecule has 0 saturated carbocycles. The molecule has 0 amide bonds. The van der Waals surface area contributed by atoms with E-state index < -0.39 is 0 Å². The largest absolute Gasteiger partial charge is 0.346 e. The predicted octanol–water partition coefficient (Wildman–Crippen LogP) is 3.03. The summed E-state index contributed by atoms with van der Waals surface area (Å²) in [4.78, 5) is 0. The highest BCUT2D eigenvalue weighted by Crippen LogP contribution is 2.32. The lowest BCUT2D eigenvalue weighted by atomic mass is 10.0. The molecular weight excluding hydrogens is 220 g/mol. The van der Waals surface area contributed by atoms with Gasteiger partial charge in [0.2, 0.25) is 0 Å². The molecule has 0 aliphatic heterocycles. The lowest BCUT2D eigenvalue weighted by Crippen LogP contribution is -2.17. The van der Waals surface area contributed by atoms with Gasteiger partial charge in [-0.2, -0.15) is 0 Å². The molecule has 1 aromatic carbocycles. The normalized spacial score (nSPS) is 13.3. The Balaban J connectivity index is 2.72. The van der Waals surface area contributed by atoms with Crippen molar-refractivity contribution < 1.29 is 0 Å². The first-order valence-electron chi connectivity index (χ1n) is 5.50. The number of aryl methyl sites for hydroxylation is 1. The number of aromatic nitrogens is 1. The van der Waals surface area contributed by atoms with Crippen LogP contribution in [-0.2, 0) is 13.5 Å². The Labute approximate surface area is 101 Å². The standard InChI is InChI=1S/C13H17ClN2/c1-8(15)7-10-5-4-6-11-12(10)13(14)9(2)16(11)3/h4-6,8H,7,15H2,1-3H3. The summed E-state index contributed by atoms with van der Waals surface area (Å²) in [5, 5.41) is 2.01. The lowest BCUT2D eigenvalue weighted by molar-refractivity contribution is 0.741. The Morgan fingerprint density at radius 1 is 1.44 bits per heavy atom. The van der Waals surface area contributed by atoms with Crippen LogP contribution in [0.3, 0.4) is 0 Å². The van der Waals surface area contributed by atoms with Gasteiger partial charge in [-0.05, 0) is 31.9 Å². The summed E-state index contributed by atoms with van der Waals surface area (Å²) in [6.07, 6.45) is 0.862. The summed E-state index contributed by atoms with van der Waals surface area (Å²) >= 11 is 6.37. The molecule has 2 nitrogen and oxygen atoms in total. The zero-order valence-corrected chi connectivity index (χ0v) is 10.7. The van der Waals surface area contributed by atoms with Crippen LogP contribution in [0, 0.1) is 6.92 Å². The lowest BCUT2D eigenvalue weighted by Gasteiger charge is -2.07. The fourth-order valence-corrected chi connectivity index (χ4v) is 2.49. The molecule has 0 fully saturated rings. The SMILES string of the molecule is Cc1c(Cl)c2c(CC(C)N)cccc2n1C. The Hall–Kier alpha value is -0.990. The molecule has 1 aromatic heterocycles. The van der Waals surface area contributed by atoms with Crippen LogP contribution in [-0.4, -0.2) is 10.6 Å². The number of nitrogens with zero attached hydrogens (tertiary/aromatic N) is 1. The van der Waals surface area contributed by atoms with Crippen molar-refractivity contribution in [1.82, 2.24) is 4.57 Å². The first-order valence-corrected chi connectivity index (χ1v) is 5.88. The van der Waals surface area contributed by atoms with Crippen LogP contribution >= 0.6 is 11.6 Å². The fraction of sp³-hybridized carbons (Fsp3) is 0.385. The Bertz CT molecular complexity index is 526. The summed E-state index contributed by atoms with van der Waals surface area (Å²) in [6.45, 7) is 4.06. The van der Waals surface area contributed by atoms with Gasteiger partial charge < -0.3 is 10.3 Å². The van der Waals surface area contributed by atoms with E-state index in [0.717, 1.165) is 22.5 Å². The van der Waals surface area contributed by atoms with Crippen molar-refractivity contribution >= 4 is 22.5 Å². The van der Waals surface area contributed by atoms with Gasteiger partial charge in [0.1, 0.15) is 0 Å². The van der Waals surface area contributed by atoms with Crippen molar-refractivity contribution in [2.24, 2.45) is 12.8 Å². The summed E-state index contributed by atoms with van der Waals surface area (Å²) in [6, 6.07) is 6.42. The van der Waals surface area contributed by atoms with Crippen LogP contribution in [0.15, 0.2) is 18.2 Å². The average molecular weight is 237 g/mol. The van der Waals surface area contributed by atoms with Gasteiger partial charge in [0.05, 0.1) is 5.02 Å². The molecule has 1 atom stereocenters. The smallest absolute Gasteiger partial charge is 0.0693 e. The average Bonchev–Trinajstić information content (AvgIpc) is 2.44. The summed E-state index contributed by atoms with van der Waals surface area (Å²) < 4.78 is 2.13. The molecule has 0 bridgehead atoms. The van der Waals surface area contributed by atoms with E-state index in [9.17, 15) is 0 Å². The minimum absolute atomic E-state index is 0.155. The van der Waals surface area contributed by atoms with Crippen molar-refractivity contribution in [2.75, 3.05) is 0 Å². The van der Waals surface area contributed by atoms with E-state index in [-0.39, 0.29) is 6.04 Å². The number of halogens is 1. The van der Waals surface area contributed by atoms with Crippen molar-refractivity contribution in [3.8, 4) is 0 Å². The highest BCUT2D eigenvalue weighted by molar-refractivity contribution is 6.36. The molecule has 0 spiro atoms. The molecule has 2 rings (SSSR count). The molecule has 2 N–H and O–H groups in total. The number of hydrogen-bond acceptors (Lipinski definition) is 1. The maximum atomic E-state index is 6.37. The molecule has 2 aromatic rings. The second-order valence-electron chi connectivity index (χ2n) is 4.45. The van der Waals surface area contributed by atoms with Gasteiger partial charge in [0, 0.05) is 29.7 Å². The number of hydrogen-bond donors (Lipinski definition) is 1. The third-order valence-corrected chi connectivity index (χ3v) is 3.53. The quantitative estimate of drug-likeness (QED) is 0.854. The van der Waals surface area contributed by atoms with Gasteiger partial charge >= 0.3 is 0 Å². The maximum Gasteiger partial charge on any atom is 0.0693 e. The third-order valence-electron chi connectivity index (χ3n) is 3.07. The van der Waals surface area contributed by atoms with Gasteiger partial charge in [-0.15, -0.1) is 0 Å². The first-order chi connectivity index (χ1) is 7.52. The fourth-order valence-electron chi connectivity index (χ4n) is 2.15. The van der Waals surface area contributed by atoms with Crippen LogP contribution < -0.4 is 5.73 Å². The molecule has 1 heterocycles. The Morgan fingerprint density at radius 2 is 2.12 bits per heavy atom. The summed E-state index contributed by atoms with van der Waals surface area (Å²) in [7, 11) is 2.04. The zero-order valence-electron chi connectivity index (χ0n) is 9.92. The molecule has 0 saturated heterocycles. The van der Waals surface area contributed by atoms with Gasteiger partial charge in [-0.3, -0.25) is 0 Å². The molecule has 1 unspecified atom stereocenters. The van der Waals surface area contributed by atoms with Crippen molar-refractivity contribution in [3.63, 3.8) is 0 Å². The highest BCUT2D eigenvalue weighted by atomic mass is 35.5. The minimum Gasteiger partial charge on any atom is -0.346 e. The van der Waals surface area contributed by atoms with E-state index in [1.165, 1.54) is 11.1 Å². The monoisotopic (exact) mass is 236 g/mol. The topological polar surface area (TPSA) is 30.9 Å². The first kappa shape index (κ1) is 11.5.